The maximum Gasteiger partial charge on any atom is 0.242 e. The first kappa shape index (κ1) is 18.2. The lowest BCUT2D eigenvalue weighted by atomic mass is 10.1. The molecule has 0 fully saturated rings. The van der Waals surface area contributed by atoms with Crippen molar-refractivity contribution in [2.24, 2.45) is 5.92 Å². The molecule has 0 atom stereocenters. The highest BCUT2D eigenvalue weighted by atomic mass is 32.2. The molecule has 1 aromatic rings. The van der Waals surface area contributed by atoms with E-state index in [1.807, 2.05) is 18.5 Å². The highest BCUT2D eigenvalue weighted by Gasteiger charge is 2.17. The molecule has 6 heteroatoms. The van der Waals surface area contributed by atoms with Crippen molar-refractivity contribution in [1.82, 2.24) is 14.6 Å². The second-order valence-electron chi connectivity index (χ2n) is 5.77. The maximum atomic E-state index is 12.3. The van der Waals surface area contributed by atoms with E-state index < -0.39 is 10.0 Å². The quantitative estimate of drug-likeness (QED) is 0.651. The maximum absolute atomic E-state index is 12.3. The molecule has 0 aromatic carbocycles. The normalized spacial score (nSPS) is 12.2. The van der Waals surface area contributed by atoms with Crippen LogP contribution in [-0.4, -0.2) is 26.6 Å². The Bertz CT molecular complexity index is 521. The summed E-state index contributed by atoms with van der Waals surface area (Å²) in [4.78, 5) is 0.360. The summed E-state index contributed by atoms with van der Waals surface area (Å²) < 4.78 is 29.2. The zero-order valence-corrected chi connectivity index (χ0v) is 14.5. The molecule has 21 heavy (non-hydrogen) atoms. The Balaban J connectivity index is 2.61. The molecule has 0 amide bonds. The lowest BCUT2D eigenvalue weighted by Crippen LogP contribution is -2.24. The average Bonchev–Trinajstić information content (AvgIpc) is 2.82. The Morgan fingerprint density at radius 2 is 2.00 bits per heavy atom. The SMILES string of the molecule is CCn1cc(S(=O)(=O)NCCCCC(C)C)cc1CNC. The van der Waals surface area contributed by atoms with E-state index >= 15 is 0 Å². The molecule has 122 valence electrons. The van der Waals surface area contributed by atoms with Crippen molar-refractivity contribution >= 4 is 10.0 Å². The number of unbranched alkanes of at least 4 members (excludes halogenated alkanes) is 1. The number of aromatic nitrogens is 1. The summed E-state index contributed by atoms with van der Waals surface area (Å²) in [5, 5.41) is 3.06. The highest BCUT2D eigenvalue weighted by Crippen LogP contribution is 2.15. The first-order valence-corrected chi connectivity index (χ1v) is 9.22. The average molecular weight is 315 g/mol. The van der Waals surface area contributed by atoms with Crippen LogP contribution in [0.1, 0.15) is 45.7 Å². The lowest BCUT2D eigenvalue weighted by Gasteiger charge is -2.06. The first-order chi connectivity index (χ1) is 9.90. The molecule has 0 aliphatic heterocycles. The van der Waals surface area contributed by atoms with Crippen LogP contribution >= 0.6 is 0 Å². The van der Waals surface area contributed by atoms with Gasteiger partial charge in [0.25, 0.3) is 0 Å². The van der Waals surface area contributed by atoms with Gasteiger partial charge in [-0.15, -0.1) is 0 Å². The van der Waals surface area contributed by atoms with E-state index in [1.54, 1.807) is 12.3 Å². The fraction of sp³-hybridized carbons (Fsp3) is 0.733. The van der Waals surface area contributed by atoms with Crippen LogP contribution in [0, 0.1) is 5.92 Å². The summed E-state index contributed by atoms with van der Waals surface area (Å²) in [6, 6.07) is 1.75. The van der Waals surface area contributed by atoms with Crippen molar-refractivity contribution in [2.45, 2.75) is 58.0 Å². The van der Waals surface area contributed by atoms with Crippen molar-refractivity contribution in [2.75, 3.05) is 13.6 Å². The zero-order valence-electron chi connectivity index (χ0n) is 13.6. The topological polar surface area (TPSA) is 63.1 Å². The zero-order chi connectivity index (χ0) is 15.9. The number of hydrogen-bond acceptors (Lipinski definition) is 3. The van der Waals surface area contributed by atoms with Gasteiger partial charge in [-0.05, 0) is 32.4 Å². The third kappa shape index (κ3) is 5.80. The molecule has 0 radical (unpaired) electrons. The fourth-order valence-corrected chi connectivity index (χ4v) is 3.40. The minimum atomic E-state index is -3.39. The van der Waals surface area contributed by atoms with Gasteiger partial charge in [0, 0.05) is 31.5 Å². The molecule has 0 unspecified atom stereocenters. The summed E-state index contributed by atoms with van der Waals surface area (Å²) in [6.07, 6.45) is 4.79. The predicted octanol–water partition coefficient (Wildman–Crippen LogP) is 2.33. The van der Waals surface area contributed by atoms with Gasteiger partial charge >= 0.3 is 0 Å². The Labute approximate surface area is 129 Å². The monoisotopic (exact) mass is 315 g/mol. The Morgan fingerprint density at radius 1 is 1.29 bits per heavy atom. The van der Waals surface area contributed by atoms with Crippen LogP contribution in [-0.2, 0) is 23.1 Å². The Morgan fingerprint density at radius 3 is 2.57 bits per heavy atom. The second-order valence-corrected chi connectivity index (χ2v) is 7.54. The number of aryl methyl sites for hydroxylation is 1. The van der Waals surface area contributed by atoms with Gasteiger partial charge in [0.2, 0.25) is 10.0 Å². The molecule has 1 aromatic heterocycles. The number of nitrogens with one attached hydrogen (secondary N) is 2. The van der Waals surface area contributed by atoms with Gasteiger partial charge in [0.05, 0.1) is 4.90 Å². The summed E-state index contributed by atoms with van der Waals surface area (Å²) in [5.74, 6) is 0.671. The minimum Gasteiger partial charge on any atom is -0.349 e. The second kappa shape index (κ2) is 8.56. The van der Waals surface area contributed by atoms with Gasteiger partial charge in [-0.25, -0.2) is 13.1 Å². The predicted molar refractivity (Wildman–Crippen MR) is 86.7 cm³/mol. The van der Waals surface area contributed by atoms with Gasteiger partial charge in [0.15, 0.2) is 0 Å². The molecule has 1 heterocycles. The van der Waals surface area contributed by atoms with Crippen LogP contribution in [0.25, 0.3) is 0 Å². The molecule has 0 aliphatic rings. The number of sulfonamides is 1. The van der Waals surface area contributed by atoms with Gasteiger partial charge in [-0.3, -0.25) is 0 Å². The van der Waals surface area contributed by atoms with Crippen LogP contribution in [0.2, 0.25) is 0 Å². The number of rotatable bonds is 10. The molecule has 0 bridgehead atoms. The van der Waals surface area contributed by atoms with Crippen molar-refractivity contribution in [3.8, 4) is 0 Å². The molecule has 0 saturated carbocycles. The molecular weight excluding hydrogens is 286 g/mol. The Kier molecular flexibility index (Phi) is 7.42. The summed E-state index contributed by atoms with van der Waals surface area (Å²) >= 11 is 0. The van der Waals surface area contributed by atoms with E-state index in [-0.39, 0.29) is 0 Å². The van der Waals surface area contributed by atoms with Crippen molar-refractivity contribution in [1.29, 1.82) is 0 Å². The number of hydrogen-bond donors (Lipinski definition) is 2. The van der Waals surface area contributed by atoms with E-state index in [2.05, 4.69) is 23.9 Å². The van der Waals surface area contributed by atoms with E-state index in [0.717, 1.165) is 31.5 Å². The minimum absolute atomic E-state index is 0.360. The van der Waals surface area contributed by atoms with Crippen LogP contribution in [0.5, 0.6) is 0 Å². The van der Waals surface area contributed by atoms with E-state index in [4.69, 9.17) is 0 Å². The molecule has 5 nitrogen and oxygen atoms in total. The number of nitrogens with zero attached hydrogens (tertiary/aromatic N) is 1. The van der Waals surface area contributed by atoms with Gasteiger partial charge in [-0.1, -0.05) is 26.7 Å². The van der Waals surface area contributed by atoms with Crippen LogP contribution in [0.3, 0.4) is 0 Å². The largest absolute Gasteiger partial charge is 0.349 e. The van der Waals surface area contributed by atoms with Crippen LogP contribution < -0.4 is 10.0 Å². The van der Waals surface area contributed by atoms with Gasteiger partial charge in [0.1, 0.15) is 0 Å². The van der Waals surface area contributed by atoms with E-state index in [9.17, 15) is 8.42 Å². The van der Waals surface area contributed by atoms with Crippen molar-refractivity contribution < 1.29 is 8.42 Å². The van der Waals surface area contributed by atoms with E-state index in [0.29, 0.717) is 23.9 Å². The molecule has 2 N–H and O–H groups in total. The molecular formula is C15H29N3O2S. The summed E-state index contributed by atoms with van der Waals surface area (Å²) in [6.45, 7) is 8.31. The third-order valence-corrected chi connectivity index (χ3v) is 4.90. The first-order valence-electron chi connectivity index (χ1n) is 7.74. The summed E-state index contributed by atoms with van der Waals surface area (Å²) in [7, 11) is -1.53. The third-order valence-electron chi connectivity index (χ3n) is 3.47. The van der Waals surface area contributed by atoms with Crippen molar-refractivity contribution in [3.05, 3.63) is 18.0 Å². The van der Waals surface area contributed by atoms with Crippen LogP contribution in [0.4, 0.5) is 0 Å². The standard InChI is InChI=1S/C15H29N3O2S/c1-5-18-12-15(10-14(18)11-16-4)21(19,20)17-9-7-6-8-13(2)3/h10,12-13,16-17H,5-9,11H2,1-4H3. The van der Waals surface area contributed by atoms with E-state index in [1.165, 1.54) is 0 Å². The molecule has 0 saturated heterocycles. The van der Waals surface area contributed by atoms with Crippen molar-refractivity contribution in [3.63, 3.8) is 0 Å². The van der Waals surface area contributed by atoms with Gasteiger partial charge < -0.3 is 9.88 Å². The fourth-order valence-electron chi connectivity index (χ4n) is 2.26. The van der Waals surface area contributed by atoms with Gasteiger partial charge in [-0.2, -0.15) is 0 Å². The van der Waals surface area contributed by atoms with Crippen LogP contribution in [0.15, 0.2) is 17.2 Å². The molecule has 0 aliphatic carbocycles. The Hall–Kier alpha value is -0.850. The smallest absolute Gasteiger partial charge is 0.242 e. The lowest BCUT2D eigenvalue weighted by molar-refractivity contribution is 0.530. The molecule has 0 spiro atoms. The highest BCUT2D eigenvalue weighted by molar-refractivity contribution is 7.89. The summed E-state index contributed by atoms with van der Waals surface area (Å²) in [5.41, 5.74) is 0.986. The molecule has 1 rings (SSSR count).